The molecule has 0 fully saturated rings. The standard InChI is InChI=1S/C31H28ClNO5/c1-4-36-25-16-20(12-15-24(25)38-17-19-10-13-21(32)14-11-19)27-26(31(35)37-5-2)18(3)33-29-22-8-6-7-9-23(22)30(34)28(27)29/h6-16,27,33H,4-5,17H2,1-3H3/t27-/m1/s1. The summed E-state index contributed by atoms with van der Waals surface area (Å²) in [5.74, 6) is -0.103. The van der Waals surface area contributed by atoms with E-state index in [1.54, 1.807) is 6.92 Å². The van der Waals surface area contributed by atoms with Crippen LogP contribution < -0.4 is 14.8 Å². The average Bonchev–Trinajstić information content (AvgIpc) is 3.19. The molecule has 0 bridgehead atoms. The van der Waals surface area contributed by atoms with Gasteiger partial charge in [-0.2, -0.15) is 0 Å². The van der Waals surface area contributed by atoms with Gasteiger partial charge in [-0.15, -0.1) is 0 Å². The highest BCUT2D eigenvalue weighted by molar-refractivity contribution is 6.30. The number of Topliss-reactive ketones (excluding diaryl/α,β-unsaturated/α-hetero) is 1. The number of allylic oxidation sites excluding steroid dienone is 2. The van der Waals surface area contributed by atoms with Gasteiger partial charge in [-0.05, 0) is 56.2 Å². The molecular formula is C31H28ClNO5. The molecule has 0 amide bonds. The molecule has 1 aliphatic heterocycles. The van der Waals surface area contributed by atoms with Gasteiger partial charge in [-0.25, -0.2) is 4.79 Å². The fraction of sp³-hybridized carbons (Fsp3) is 0.226. The molecule has 3 aromatic carbocycles. The van der Waals surface area contributed by atoms with Crippen molar-refractivity contribution >= 4 is 29.1 Å². The lowest BCUT2D eigenvalue weighted by molar-refractivity contribution is -0.138. The third-order valence-electron chi connectivity index (χ3n) is 6.65. The number of fused-ring (bicyclic) bond motifs is 2. The molecule has 0 spiro atoms. The maximum Gasteiger partial charge on any atom is 0.336 e. The van der Waals surface area contributed by atoms with E-state index in [9.17, 15) is 9.59 Å². The van der Waals surface area contributed by atoms with E-state index in [0.29, 0.717) is 52.1 Å². The van der Waals surface area contributed by atoms with Crippen LogP contribution in [0.25, 0.3) is 5.70 Å². The molecule has 194 valence electrons. The van der Waals surface area contributed by atoms with Crippen molar-refractivity contribution in [2.24, 2.45) is 0 Å². The maximum absolute atomic E-state index is 13.7. The molecule has 1 atom stereocenters. The van der Waals surface area contributed by atoms with Gasteiger partial charge in [0.1, 0.15) is 6.61 Å². The third kappa shape index (κ3) is 4.68. The van der Waals surface area contributed by atoms with Crippen molar-refractivity contribution in [1.82, 2.24) is 5.32 Å². The average molecular weight is 530 g/mol. The first-order chi connectivity index (χ1) is 18.4. The Labute approximate surface area is 226 Å². The highest BCUT2D eigenvalue weighted by Gasteiger charge is 2.43. The molecule has 0 aromatic heterocycles. The van der Waals surface area contributed by atoms with Crippen LogP contribution >= 0.6 is 11.6 Å². The number of ketones is 1. The van der Waals surface area contributed by atoms with E-state index in [4.69, 9.17) is 25.8 Å². The van der Waals surface area contributed by atoms with Crippen molar-refractivity contribution in [3.05, 3.63) is 111 Å². The minimum Gasteiger partial charge on any atom is -0.490 e. The Kier molecular flexibility index (Phi) is 7.25. The van der Waals surface area contributed by atoms with Gasteiger partial charge in [-0.3, -0.25) is 4.79 Å². The summed E-state index contributed by atoms with van der Waals surface area (Å²) in [4.78, 5) is 26.9. The summed E-state index contributed by atoms with van der Waals surface area (Å²) in [5.41, 5.74) is 5.45. The van der Waals surface area contributed by atoms with E-state index in [-0.39, 0.29) is 12.4 Å². The number of carbonyl (C=O) groups is 2. The maximum atomic E-state index is 13.7. The molecule has 5 rings (SSSR count). The second-order valence-corrected chi connectivity index (χ2v) is 9.47. The second-order valence-electron chi connectivity index (χ2n) is 9.03. The van der Waals surface area contributed by atoms with Crippen molar-refractivity contribution in [3.8, 4) is 11.5 Å². The zero-order valence-corrected chi connectivity index (χ0v) is 22.2. The SMILES string of the molecule is CCOC(=O)C1=C(C)NC2=C(C(=O)c3ccccc32)[C@@H]1c1ccc(OCc2ccc(Cl)cc2)c(OCC)c1. The number of carbonyl (C=O) groups excluding carboxylic acids is 2. The number of benzene rings is 3. The van der Waals surface area contributed by atoms with Gasteiger partial charge < -0.3 is 19.5 Å². The highest BCUT2D eigenvalue weighted by Crippen LogP contribution is 2.48. The van der Waals surface area contributed by atoms with Gasteiger partial charge in [0.2, 0.25) is 0 Å². The Morgan fingerprint density at radius 2 is 1.66 bits per heavy atom. The molecule has 0 saturated carbocycles. The number of rotatable bonds is 8. The number of ether oxygens (including phenoxy) is 3. The van der Waals surface area contributed by atoms with Gasteiger partial charge in [0, 0.05) is 33.3 Å². The van der Waals surface area contributed by atoms with Crippen LogP contribution in [0.5, 0.6) is 11.5 Å². The van der Waals surface area contributed by atoms with Crippen molar-refractivity contribution < 1.29 is 23.8 Å². The Morgan fingerprint density at radius 3 is 2.37 bits per heavy atom. The van der Waals surface area contributed by atoms with Gasteiger partial charge in [0.15, 0.2) is 17.3 Å². The summed E-state index contributed by atoms with van der Waals surface area (Å²) in [6, 6.07) is 20.5. The van der Waals surface area contributed by atoms with E-state index in [0.717, 1.165) is 22.4 Å². The molecular weight excluding hydrogens is 502 g/mol. The Bertz CT molecular complexity index is 1470. The summed E-state index contributed by atoms with van der Waals surface area (Å²) in [7, 11) is 0. The topological polar surface area (TPSA) is 73.9 Å². The van der Waals surface area contributed by atoms with Crippen LogP contribution in [0.2, 0.25) is 5.02 Å². The van der Waals surface area contributed by atoms with Gasteiger partial charge in [0.05, 0.1) is 24.5 Å². The number of esters is 1. The Hall–Kier alpha value is -4.03. The van der Waals surface area contributed by atoms with E-state index < -0.39 is 11.9 Å². The molecule has 0 radical (unpaired) electrons. The smallest absolute Gasteiger partial charge is 0.336 e. The molecule has 1 heterocycles. The van der Waals surface area contributed by atoms with Crippen LogP contribution in [0.15, 0.2) is 83.6 Å². The Balaban J connectivity index is 1.57. The Morgan fingerprint density at radius 1 is 0.921 bits per heavy atom. The van der Waals surface area contributed by atoms with Gasteiger partial charge >= 0.3 is 5.97 Å². The zero-order chi connectivity index (χ0) is 26.8. The number of hydrogen-bond acceptors (Lipinski definition) is 6. The van der Waals surface area contributed by atoms with Crippen molar-refractivity contribution in [2.45, 2.75) is 33.3 Å². The monoisotopic (exact) mass is 529 g/mol. The molecule has 6 nitrogen and oxygen atoms in total. The quantitative estimate of drug-likeness (QED) is 0.338. The van der Waals surface area contributed by atoms with E-state index in [2.05, 4.69) is 5.32 Å². The van der Waals surface area contributed by atoms with Gasteiger partial charge in [0.25, 0.3) is 0 Å². The third-order valence-corrected chi connectivity index (χ3v) is 6.90. The molecule has 7 heteroatoms. The second kappa shape index (κ2) is 10.8. The zero-order valence-electron chi connectivity index (χ0n) is 21.5. The molecule has 1 N–H and O–H groups in total. The summed E-state index contributed by atoms with van der Waals surface area (Å²) in [6.45, 7) is 6.48. The van der Waals surface area contributed by atoms with Gasteiger partial charge in [-0.1, -0.05) is 54.1 Å². The first-order valence-corrected chi connectivity index (χ1v) is 13.0. The van der Waals surface area contributed by atoms with Crippen LogP contribution in [-0.4, -0.2) is 25.0 Å². The molecule has 0 unspecified atom stereocenters. The van der Waals surface area contributed by atoms with E-state index in [1.807, 2.05) is 80.6 Å². The van der Waals surface area contributed by atoms with Crippen LogP contribution in [0.1, 0.15) is 53.7 Å². The number of nitrogens with one attached hydrogen (secondary N) is 1. The van der Waals surface area contributed by atoms with Crippen molar-refractivity contribution in [3.63, 3.8) is 0 Å². The fourth-order valence-electron chi connectivity index (χ4n) is 4.98. The van der Waals surface area contributed by atoms with Crippen LogP contribution in [0.3, 0.4) is 0 Å². The molecule has 38 heavy (non-hydrogen) atoms. The highest BCUT2D eigenvalue weighted by atomic mass is 35.5. The minimum absolute atomic E-state index is 0.108. The normalized spacial score (nSPS) is 16.1. The van der Waals surface area contributed by atoms with Crippen LogP contribution in [-0.2, 0) is 16.1 Å². The number of dihydropyridines is 1. The lowest BCUT2D eigenvalue weighted by Crippen LogP contribution is -2.29. The summed E-state index contributed by atoms with van der Waals surface area (Å²) >= 11 is 6.00. The van der Waals surface area contributed by atoms with Crippen LogP contribution in [0.4, 0.5) is 0 Å². The van der Waals surface area contributed by atoms with E-state index in [1.165, 1.54) is 0 Å². The largest absolute Gasteiger partial charge is 0.490 e. The first kappa shape index (κ1) is 25.6. The molecule has 2 aliphatic rings. The van der Waals surface area contributed by atoms with Crippen molar-refractivity contribution in [1.29, 1.82) is 0 Å². The first-order valence-electron chi connectivity index (χ1n) is 12.6. The lowest BCUT2D eigenvalue weighted by atomic mass is 9.79. The molecule has 0 saturated heterocycles. The van der Waals surface area contributed by atoms with E-state index >= 15 is 0 Å². The van der Waals surface area contributed by atoms with Crippen molar-refractivity contribution in [2.75, 3.05) is 13.2 Å². The summed E-state index contributed by atoms with van der Waals surface area (Å²) in [6.07, 6.45) is 0. The molecule has 3 aromatic rings. The predicted octanol–water partition coefficient (Wildman–Crippen LogP) is 6.45. The summed E-state index contributed by atoms with van der Waals surface area (Å²) < 4.78 is 17.5. The fourth-order valence-corrected chi connectivity index (χ4v) is 5.10. The lowest BCUT2D eigenvalue weighted by Gasteiger charge is -2.29. The minimum atomic E-state index is -0.630. The number of hydrogen-bond donors (Lipinski definition) is 1. The van der Waals surface area contributed by atoms with Crippen LogP contribution in [0, 0.1) is 0 Å². The predicted molar refractivity (Wildman–Crippen MR) is 146 cm³/mol. The summed E-state index contributed by atoms with van der Waals surface area (Å²) in [5, 5.41) is 3.98. The molecule has 1 aliphatic carbocycles. The number of halogens is 1.